The Hall–Kier alpha value is -3.06. The Kier molecular flexibility index (Phi) is 7.30. The lowest BCUT2D eigenvalue weighted by atomic mass is 10.2. The molecule has 0 aromatic heterocycles. The Bertz CT molecular complexity index is 939. The molecule has 7 heteroatoms. The molecule has 0 unspecified atom stereocenters. The average Bonchev–Trinajstić information content (AvgIpc) is 3.00. The number of rotatable bonds is 8. The molecule has 1 saturated heterocycles. The highest BCUT2D eigenvalue weighted by Crippen LogP contribution is 2.32. The van der Waals surface area contributed by atoms with Crippen molar-refractivity contribution in [3.8, 4) is 5.75 Å². The van der Waals surface area contributed by atoms with Gasteiger partial charge in [-0.05, 0) is 50.2 Å². The number of aliphatic imine (C=N–C) groups is 1. The minimum absolute atomic E-state index is 0.0667. The van der Waals surface area contributed by atoms with Gasteiger partial charge < -0.3 is 10.1 Å². The zero-order valence-corrected chi connectivity index (χ0v) is 17.9. The van der Waals surface area contributed by atoms with E-state index in [1.165, 1.54) is 11.8 Å². The van der Waals surface area contributed by atoms with Gasteiger partial charge >= 0.3 is 0 Å². The molecule has 0 saturated carbocycles. The third-order valence-corrected chi connectivity index (χ3v) is 5.59. The van der Waals surface area contributed by atoms with Gasteiger partial charge in [-0.15, -0.1) is 6.58 Å². The third-order valence-electron chi connectivity index (χ3n) is 4.41. The fourth-order valence-corrected chi connectivity index (χ4v) is 4.10. The highest BCUT2D eigenvalue weighted by atomic mass is 32.2. The van der Waals surface area contributed by atoms with E-state index >= 15 is 0 Å². The van der Waals surface area contributed by atoms with Crippen LogP contribution in [-0.2, 0) is 9.59 Å². The van der Waals surface area contributed by atoms with E-state index in [9.17, 15) is 9.59 Å². The van der Waals surface area contributed by atoms with Crippen LogP contribution in [0.2, 0.25) is 0 Å². The van der Waals surface area contributed by atoms with Crippen molar-refractivity contribution in [1.82, 2.24) is 4.90 Å². The standard InChI is InChI=1S/C23H25N3O3S/c1-4-14-26-22(28)20(30-23(26)25-18-8-6-16(3)7-9-18)15-21(27)24-17-10-12-19(13-11-17)29-5-2/h4,6-13,20H,1,5,14-15H2,2-3H3,(H,24,27)/t20-/m0/s1. The van der Waals surface area contributed by atoms with E-state index in [0.29, 0.717) is 24.0 Å². The van der Waals surface area contributed by atoms with Gasteiger partial charge in [0.15, 0.2) is 5.17 Å². The van der Waals surface area contributed by atoms with Crippen molar-refractivity contribution in [3.63, 3.8) is 0 Å². The number of benzene rings is 2. The van der Waals surface area contributed by atoms with Crippen molar-refractivity contribution in [1.29, 1.82) is 0 Å². The summed E-state index contributed by atoms with van der Waals surface area (Å²) >= 11 is 1.31. The minimum atomic E-state index is -0.517. The summed E-state index contributed by atoms with van der Waals surface area (Å²) in [6, 6.07) is 14.9. The topological polar surface area (TPSA) is 71.0 Å². The summed E-state index contributed by atoms with van der Waals surface area (Å²) in [5.41, 5.74) is 2.57. The predicted octanol–water partition coefficient (Wildman–Crippen LogP) is 4.54. The Morgan fingerprint density at radius 3 is 2.57 bits per heavy atom. The maximum Gasteiger partial charge on any atom is 0.242 e. The predicted molar refractivity (Wildman–Crippen MR) is 122 cm³/mol. The molecule has 3 rings (SSSR count). The molecule has 0 aliphatic carbocycles. The molecule has 0 spiro atoms. The number of carbonyl (C=O) groups excluding carboxylic acids is 2. The zero-order chi connectivity index (χ0) is 21.5. The number of thioether (sulfide) groups is 1. The maximum atomic E-state index is 12.8. The van der Waals surface area contributed by atoms with Gasteiger partial charge in [0, 0.05) is 18.7 Å². The summed E-state index contributed by atoms with van der Waals surface area (Å²) in [6.07, 6.45) is 1.72. The number of aryl methyl sites for hydroxylation is 1. The number of anilines is 1. The van der Waals surface area contributed by atoms with Crippen LogP contribution >= 0.6 is 11.8 Å². The van der Waals surface area contributed by atoms with Crippen molar-refractivity contribution in [2.45, 2.75) is 25.5 Å². The first-order chi connectivity index (χ1) is 14.5. The number of carbonyl (C=O) groups is 2. The molecular formula is C23H25N3O3S. The summed E-state index contributed by atoms with van der Waals surface area (Å²) in [5.74, 6) is 0.391. The lowest BCUT2D eigenvalue weighted by molar-refractivity contribution is -0.127. The number of amidine groups is 1. The van der Waals surface area contributed by atoms with Crippen molar-refractivity contribution in [2.24, 2.45) is 4.99 Å². The lowest BCUT2D eigenvalue weighted by Crippen LogP contribution is -2.33. The fraction of sp³-hybridized carbons (Fsp3) is 0.261. The second-order valence-electron chi connectivity index (χ2n) is 6.78. The van der Waals surface area contributed by atoms with Crippen LogP contribution in [0.3, 0.4) is 0 Å². The smallest absolute Gasteiger partial charge is 0.242 e. The molecule has 2 amide bonds. The molecule has 1 atom stereocenters. The molecule has 1 fully saturated rings. The molecule has 30 heavy (non-hydrogen) atoms. The van der Waals surface area contributed by atoms with Crippen molar-refractivity contribution in [2.75, 3.05) is 18.5 Å². The van der Waals surface area contributed by atoms with Gasteiger partial charge in [0.2, 0.25) is 11.8 Å². The first kappa shape index (κ1) is 21.6. The number of amides is 2. The number of nitrogens with one attached hydrogen (secondary N) is 1. The maximum absolute atomic E-state index is 12.8. The van der Waals surface area contributed by atoms with E-state index in [-0.39, 0.29) is 18.2 Å². The summed E-state index contributed by atoms with van der Waals surface area (Å²) in [7, 11) is 0. The van der Waals surface area contributed by atoms with E-state index in [1.54, 1.807) is 35.2 Å². The van der Waals surface area contributed by atoms with Gasteiger partial charge in [-0.3, -0.25) is 14.5 Å². The normalized spacial score (nSPS) is 17.3. The molecule has 6 nitrogen and oxygen atoms in total. The first-order valence-corrected chi connectivity index (χ1v) is 10.6. The van der Waals surface area contributed by atoms with Gasteiger partial charge in [-0.25, -0.2) is 4.99 Å². The molecule has 1 aliphatic rings. The molecule has 1 heterocycles. The quantitative estimate of drug-likeness (QED) is 0.633. The van der Waals surface area contributed by atoms with Gasteiger partial charge in [-0.1, -0.05) is 35.5 Å². The summed E-state index contributed by atoms with van der Waals surface area (Å²) < 4.78 is 5.40. The monoisotopic (exact) mass is 423 g/mol. The number of nitrogens with zero attached hydrogens (tertiary/aromatic N) is 2. The van der Waals surface area contributed by atoms with Crippen LogP contribution in [0, 0.1) is 6.92 Å². The van der Waals surface area contributed by atoms with Crippen LogP contribution in [0.4, 0.5) is 11.4 Å². The van der Waals surface area contributed by atoms with E-state index in [2.05, 4.69) is 16.9 Å². The highest BCUT2D eigenvalue weighted by molar-refractivity contribution is 8.15. The van der Waals surface area contributed by atoms with Crippen LogP contribution in [-0.4, -0.2) is 40.3 Å². The highest BCUT2D eigenvalue weighted by Gasteiger charge is 2.38. The van der Waals surface area contributed by atoms with Crippen molar-refractivity contribution in [3.05, 3.63) is 66.7 Å². The van der Waals surface area contributed by atoms with Crippen LogP contribution in [0.5, 0.6) is 5.75 Å². The molecule has 156 valence electrons. The van der Waals surface area contributed by atoms with E-state index < -0.39 is 5.25 Å². The fourth-order valence-electron chi connectivity index (χ4n) is 2.93. The number of hydrogen-bond donors (Lipinski definition) is 1. The van der Waals surface area contributed by atoms with Crippen molar-refractivity contribution < 1.29 is 14.3 Å². The summed E-state index contributed by atoms with van der Waals surface area (Å²) in [5, 5.41) is 2.91. The summed E-state index contributed by atoms with van der Waals surface area (Å²) in [6.45, 7) is 8.59. The first-order valence-electron chi connectivity index (χ1n) is 9.77. The molecular weight excluding hydrogens is 398 g/mol. The van der Waals surface area contributed by atoms with E-state index in [0.717, 1.165) is 17.0 Å². The Morgan fingerprint density at radius 2 is 1.93 bits per heavy atom. The van der Waals surface area contributed by atoms with Crippen LogP contribution < -0.4 is 10.1 Å². The Labute approximate surface area is 181 Å². The van der Waals surface area contributed by atoms with Crippen molar-refractivity contribution >= 4 is 40.1 Å². The largest absolute Gasteiger partial charge is 0.494 e. The summed E-state index contributed by atoms with van der Waals surface area (Å²) in [4.78, 5) is 31.5. The zero-order valence-electron chi connectivity index (χ0n) is 17.1. The molecule has 0 radical (unpaired) electrons. The molecule has 0 bridgehead atoms. The minimum Gasteiger partial charge on any atom is -0.494 e. The van der Waals surface area contributed by atoms with Gasteiger partial charge in [0.25, 0.3) is 0 Å². The van der Waals surface area contributed by atoms with Gasteiger partial charge in [0.1, 0.15) is 11.0 Å². The molecule has 2 aromatic carbocycles. The molecule has 2 aromatic rings. The van der Waals surface area contributed by atoms with Gasteiger partial charge in [-0.2, -0.15) is 0 Å². The average molecular weight is 424 g/mol. The van der Waals surface area contributed by atoms with Crippen LogP contribution in [0.15, 0.2) is 66.2 Å². The second-order valence-corrected chi connectivity index (χ2v) is 7.95. The Balaban J connectivity index is 1.67. The SMILES string of the molecule is C=CCN1C(=O)[C@H](CC(=O)Nc2ccc(OCC)cc2)SC1=Nc1ccc(C)cc1. The van der Waals surface area contributed by atoms with E-state index in [4.69, 9.17) is 4.74 Å². The van der Waals surface area contributed by atoms with Crippen LogP contribution in [0.25, 0.3) is 0 Å². The number of hydrogen-bond acceptors (Lipinski definition) is 5. The Morgan fingerprint density at radius 1 is 1.23 bits per heavy atom. The van der Waals surface area contributed by atoms with Gasteiger partial charge in [0.05, 0.1) is 12.3 Å². The second kappa shape index (κ2) is 10.1. The number of ether oxygens (including phenoxy) is 1. The molecule has 1 aliphatic heterocycles. The lowest BCUT2D eigenvalue weighted by Gasteiger charge is -2.14. The van der Waals surface area contributed by atoms with E-state index in [1.807, 2.05) is 38.1 Å². The molecule has 1 N–H and O–H groups in total. The van der Waals surface area contributed by atoms with Crippen LogP contribution in [0.1, 0.15) is 18.9 Å². The third kappa shape index (κ3) is 5.51.